The Kier molecular flexibility index (Phi) is 1.97. The lowest BCUT2D eigenvalue weighted by molar-refractivity contribution is 0.0159. The normalized spacial score (nSPS) is 43.5. The van der Waals surface area contributed by atoms with Crippen LogP contribution >= 0.6 is 0 Å². The summed E-state index contributed by atoms with van der Waals surface area (Å²) in [6.07, 6.45) is 0.455. The summed E-state index contributed by atoms with van der Waals surface area (Å²) in [4.78, 5) is 14.0. The fraction of sp³-hybridized carbons (Fsp3) is 0.929. The topological polar surface area (TPSA) is 29.5 Å². The Labute approximate surface area is 109 Å². The summed E-state index contributed by atoms with van der Waals surface area (Å²) in [5.41, 5.74) is -1.15. The molecule has 2 fully saturated rings. The van der Waals surface area contributed by atoms with Crippen LogP contribution in [0.25, 0.3) is 0 Å². The van der Waals surface area contributed by atoms with Crippen molar-refractivity contribution in [3.63, 3.8) is 0 Å². The molecule has 1 heterocycles. The van der Waals surface area contributed by atoms with Gasteiger partial charge in [-0.25, -0.2) is 4.79 Å². The van der Waals surface area contributed by atoms with Crippen LogP contribution in [0.3, 0.4) is 0 Å². The number of hydrogen-bond donors (Lipinski definition) is 0. The van der Waals surface area contributed by atoms with Gasteiger partial charge in [0.05, 0.1) is 0 Å². The lowest BCUT2D eigenvalue weighted by Gasteiger charge is -2.32. The molecule has 0 spiro atoms. The highest BCUT2D eigenvalue weighted by molar-refractivity contribution is 5.69. The van der Waals surface area contributed by atoms with E-state index in [9.17, 15) is 4.79 Å². The zero-order valence-electron chi connectivity index (χ0n) is 14.4. The van der Waals surface area contributed by atoms with Gasteiger partial charge >= 0.3 is 6.09 Å². The van der Waals surface area contributed by atoms with Crippen LogP contribution in [0.15, 0.2) is 0 Å². The van der Waals surface area contributed by atoms with Crippen molar-refractivity contribution in [2.24, 2.45) is 17.3 Å². The Hall–Kier alpha value is -0.730. The standard InChI is InChI=1S/C14H25NO2/c1-7-10-11-9(14(11,5)6)8-15(10)12(16)17-13(2,3)4/h9-11H,7-8H2,1-6H3/t9-,10+,11-/m0/s1/i5D3/t9-,10+,11-,14?. The number of hydrogen-bond acceptors (Lipinski definition) is 2. The van der Waals surface area contributed by atoms with Gasteiger partial charge in [-0.2, -0.15) is 0 Å². The number of carbonyl (C=O) groups is 1. The van der Waals surface area contributed by atoms with Crippen molar-refractivity contribution in [3.8, 4) is 0 Å². The van der Waals surface area contributed by atoms with Crippen LogP contribution in [-0.2, 0) is 4.74 Å². The van der Waals surface area contributed by atoms with Crippen molar-refractivity contribution in [2.75, 3.05) is 6.54 Å². The Morgan fingerprint density at radius 1 is 1.59 bits per heavy atom. The fourth-order valence-electron chi connectivity index (χ4n) is 3.15. The molecule has 1 aliphatic carbocycles. The Morgan fingerprint density at radius 3 is 2.71 bits per heavy atom. The van der Waals surface area contributed by atoms with Gasteiger partial charge < -0.3 is 9.64 Å². The summed E-state index contributed by atoms with van der Waals surface area (Å²) in [5, 5.41) is 0. The molecule has 98 valence electrons. The van der Waals surface area contributed by atoms with Crippen LogP contribution < -0.4 is 0 Å². The highest BCUT2D eigenvalue weighted by Crippen LogP contribution is 2.65. The van der Waals surface area contributed by atoms with E-state index in [0.29, 0.717) is 6.54 Å². The second-order valence-corrected chi connectivity index (χ2v) is 6.52. The predicted molar refractivity (Wildman–Crippen MR) is 67.8 cm³/mol. The Morgan fingerprint density at radius 2 is 2.24 bits per heavy atom. The van der Waals surface area contributed by atoms with Crippen molar-refractivity contribution in [2.45, 2.75) is 59.5 Å². The molecule has 2 aliphatic rings. The molecule has 0 bridgehead atoms. The molecule has 0 aromatic heterocycles. The van der Waals surface area contributed by atoms with Crippen LogP contribution in [0.5, 0.6) is 0 Å². The molecule has 3 nitrogen and oxygen atoms in total. The molecule has 1 amide bonds. The van der Waals surface area contributed by atoms with Crippen LogP contribution in [0.4, 0.5) is 4.79 Å². The average molecular weight is 242 g/mol. The largest absolute Gasteiger partial charge is 0.444 e. The molecule has 1 unspecified atom stereocenters. The average Bonchev–Trinajstić information content (AvgIpc) is 2.69. The van der Waals surface area contributed by atoms with Gasteiger partial charge in [-0.3, -0.25) is 0 Å². The van der Waals surface area contributed by atoms with Gasteiger partial charge in [0, 0.05) is 16.7 Å². The summed E-state index contributed by atoms with van der Waals surface area (Å²) < 4.78 is 28.6. The van der Waals surface area contributed by atoms with Crippen LogP contribution in [0.2, 0.25) is 0 Å². The van der Waals surface area contributed by atoms with Crippen molar-refractivity contribution in [1.29, 1.82) is 0 Å². The first-order valence-electron chi connectivity index (χ1n) is 7.93. The molecule has 17 heavy (non-hydrogen) atoms. The van der Waals surface area contributed by atoms with Gasteiger partial charge in [-0.05, 0) is 44.4 Å². The van der Waals surface area contributed by atoms with Crippen molar-refractivity contribution >= 4 is 6.09 Å². The van der Waals surface area contributed by atoms with E-state index in [2.05, 4.69) is 0 Å². The SMILES string of the molecule is [2H]C([2H])([2H])C1(C)[C@@H]2[C@@H](CC)N(C(=O)OC(C)(C)C)C[C@@H]21. The van der Waals surface area contributed by atoms with Crippen LogP contribution in [0.1, 0.15) is 52.0 Å². The van der Waals surface area contributed by atoms with E-state index >= 15 is 0 Å². The molecule has 1 saturated carbocycles. The first-order valence-corrected chi connectivity index (χ1v) is 6.43. The summed E-state index contributed by atoms with van der Waals surface area (Å²) in [6.45, 7) is 7.93. The van der Waals surface area contributed by atoms with E-state index < -0.39 is 17.9 Å². The van der Waals surface area contributed by atoms with Gasteiger partial charge in [0.1, 0.15) is 5.60 Å². The second-order valence-electron chi connectivity index (χ2n) is 6.52. The fourth-order valence-corrected chi connectivity index (χ4v) is 3.15. The zero-order chi connectivity index (χ0) is 15.5. The molecule has 1 aliphatic heterocycles. The number of carbonyl (C=O) groups excluding carboxylic acids is 1. The lowest BCUT2D eigenvalue weighted by Crippen LogP contribution is -2.43. The van der Waals surface area contributed by atoms with E-state index in [1.54, 1.807) is 4.90 Å². The Balaban J connectivity index is 2.11. The minimum Gasteiger partial charge on any atom is -0.444 e. The molecular formula is C14H25NO2. The molecular weight excluding hydrogens is 214 g/mol. The summed E-state index contributed by atoms with van der Waals surface area (Å²) >= 11 is 0. The summed E-state index contributed by atoms with van der Waals surface area (Å²) in [6, 6.07) is -0.0136. The molecule has 0 radical (unpaired) electrons. The van der Waals surface area contributed by atoms with Crippen molar-refractivity contribution in [3.05, 3.63) is 0 Å². The van der Waals surface area contributed by atoms with Crippen LogP contribution in [-0.4, -0.2) is 29.2 Å². The van der Waals surface area contributed by atoms with E-state index in [0.717, 1.165) is 6.42 Å². The van der Waals surface area contributed by atoms with Crippen molar-refractivity contribution in [1.82, 2.24) is 4.90 Å². The molecule has 1 saturated heterocycles. The summed E-state index contributed by atoms with van der Waals surface area (Å²) in [7, 11) is 0. The number of amides is 1. The highest BCUT2D eigenvalue weighted by atomic mass is 16.6. The van der Waals surface area contributed by atoms with Gasteiger partial charge in [-0.1, -0.05) is 20.7 Å². The first kappa shape index (κ1) is 9.23. The predicted octanol–water partition coefficient (Wildman–Crippen LogP) is 3.29. The maximum absolute atomic E-state index is 12.2. The molecule has 4 atom stereocenters. The third-order valence-electron chi connectivity index (χ3n) is 4.04. The maximum atomic E-state index is 12.2. The van der Waals surface area contributed by atoms with Crippen LogP contribution in [0, 0.1) is 17.3 Å². The number of piperidine rings is 1. The maximum Gasteiger partial charge on any atom is 0.410 e. The molecule has 0 N–H and O–H groups in total. The quantitative estimate of drug-likeness (QED) is 0.706. The third kappa shape index (κ3) is 2.04. The monoisotopic (exact) mass is 242 g/mol. The summed E-state index contributed by atoms with van der Waals surface area (Å²) in [5.74, 6) is 0.153. The number of likely N-dealkylation sites (tertiary alicyclic amines) is 1. The van der Waals surface area contributed by atoms with E-state index in [1.807, 2.05) is 34.6 Å². The van der Waals surface area contributed by atoms with Gasteiger partial charge in [0.15, 0.2) is 0 Å². The van der Waals surface area contributed by atoms with E-state index in [-0.39, 0.29) is 24.0 Å². The molecule has 0 aromatic rings. The number of ether oxygens (including phenoxy) is 1. The Bertz CT molecular complexity index is 416. The van der Waals surface area contributed by atoms with Gasteiger partial charge in [0.2, 0.25) is 0 Å². The minimum absolute atomic E-state index is 0.0136. The molecule has 2 rings (SSSR count). The first-order chi connectivity index (χ1) is 8.93. The molecule has 3 heteroatoms. The number of rotatable bonds is 1. The molecule has 0 aromatic carbocycles. The van der Waals surface area contributed by atoms with E-state index in [1.165, 1.54) is 0 Å². The van der Waals surface area contributed by atoms with E-state index in [4.69, 9.17) is 8.85 Å². The third-order valence-corrected chi connectivity index (χ3v) is 4.04. The van der Waals surface area contributed by atoms with Gasteiger partial charge in [0.25, 0.3) is 0 Å². The zero-order valence-corrected chi connectivity index (χ0v) is 11.4. The minimum atomic E-state index is -1.95. The second kappa shape index (κ2) is 3.63. The number of fused-ring (bicyclic) bond motifs is 1. The van der Waals surface area contributed by atoms with Gasteiger partial charge in [-0.15, -0.1) is 0 Å². The number of nitrogens with zero attached hydrogens (tertiary/aromatic N) is 1. The smallest absolute Gasteiger partial charge is 0.410 e. The van der Waals surface area contributed by atoms with Crippen molar-refractivity contribution < 1.29 is 13.6 Å². The lowest BCUT2D eigenvalue weighted by atomic mass is 10.00. The highest BCUT2D eigenvalue weighted by Gasteiger charge is 2.67.